The zero-order valence-corrected chi connectivity index (χ0v) is 15.4. The summed E-state index contributed by atoms with van der Waals surface area (Å²) >= 11 is 0. The van der Waals surface area contributed by atoms with Gasteiger partial charge < -0.3 is 5.32 Å². The molecule has 0 aliphatic heterocycles. The fraction of sp³-hybridized carbons (Fsp3) is 0.250. The van der Waals surface area contributed by atoms with Crippen molar-refractivity contribution < 1.29 is 18.8 Å². The molecule has 0 heterocycles. The molecule has 3 N–H and O–H groups in total. The highest BCUT2D eigenvalue weighted by molar-refractivity contribution is 5.99. The van der Waals surface area contributed by atoms with Crippen LogP contribution in [0.5, 0.6) is 0 Å². The van der Waals surface area contributed by atoms with E-state index in [0.29, 0.717) is 5.56 Å². The van der Waals surface area contributed by atoms with Crippen LogP contribution in [0.3, 0.4) is 0 Å². The maximum absolute atomic E-state index is 13.6. The van der Waals surface area contributed by atoms with Gasteiger partial charge in [-0.1, -0.05) is 43.7 Å². The summed E-state index contributed by atoms with van der Waals surface area (Å²) in [5.74, 6) is -2.71. The molecule has 2 aromatic rings. The molecule has 2 rings (SSSR count). The van der Waals surface area contributed by atoms with Crippen LogP contribution in [-0.4, -0.2) is 23.8 Å². The Morgan fingerprint density at radius 1 is 0.926 bits per heavy atom. The van der Waals surface area contributed by atoms with E-state index in [1.54, 1.807) is 32.0 Å². The minimum absolute atomic E-state index is 0.192. The zero-order valence-electron chi connectivity index (χ0n) is 15.4. The van der Waals surface area contributed by atoms with Gasteiger partial charge in [0, 0.05) is 5.56 Å². The molecule has 2 aromatic carbocycles. The minimum Gasteiger partial charge on any atom is -0.340 e. The second kappa shape index (κ2) is 8.93. The molecule has 3 amide bonds. The van der Waals surface area contributed by atoms with E-state index in [0.717, 1.165) is 11.6 Å². The molecule has 7 heteroatoms. The first kappa shape index (κ1) is 20.1. The number of hydrogen-bond donors (Lipinski definition) is 3. The van der Waals surface area contributed by atoms with Crippen molar-refractivity contribution in [3.05, 3.63) is 71.0 Å². The first-order chi connectivity index (χ1) is 12.8. The number of rotatable bonds is 5. The molecule has 142 valence electrons. The van der Waals surface area contributed by atoms with Crippen LogP contribution in [-0.2, 0) is 4.79 Å². The lowest BCUT2D eigenvalue weighted by molar-refractivity contribution is -0.124. The Kier molecular flexibility index (Phi) is 6.65. The fourth-order valence-electron chi connectivity index (χ4n) is 2.45. The lowest BCUT2D eigenvalue weighted by atomic mass is 10.0. The molecule has 1 unspecified atom stereocenters. The highest BCUT2D eigenvalue weighted by Gasteiger charge is 2.25. The molecular weight excluding hydrogens is 349 g/mol. The lowest BCUT2D eigenvalue weighted by Crippen LogP contribution is -2.54. The Labute approximate surface area is 157 Å². The quantitative estimate of drug-likeness (QED) is 0.705. The lowest BCUT2D eigenvalue weighted by Gasteiger charge is -2.22. The van der Waals surface area contributed by atoms with E-state index >= 15 is 0 Å². The smallest absolute Gasteiger partial charge is 0.272 e. The van der Waals surface area contributed by atoms with E-state index in [1.807, 2.05) is 13.0 Å². The van der Waals surface area contributed by atoms with Crippen molar-refractivity contribution in [3.63, 3.8) is 0 Å². The van der Waals surface area contributed by atoms with Gasteiger partial charge >= 0.3 is 0 Å². The number of carbonyl (C=O) groups is 3. The molecule has 0 saturated carbocycles. The van der Waals surface area contributed by atoms with Crippen molar-refractivity contribution in [2.24, 2.45) is 5.92 Å². The van der Waals surface area contributed by atoms with E-state index in [9.17, 15) is 18.8 Å². The van der Waals surface area contributed by atoms with Crippen molar-refractivity contribution >= 4 is 17.7 Å². The Hall–Kier alpha value is -3.22. The van der Waals surface area contributed by atoms with Gasteiger partial charge in [-0.2, -0.15) is 0 Å². The van der Waals surface area contributed by atoms with Crippen molar-refractivity contribution in [1.29, 1.82) is 0 Å². The number of carbonyl (C=O) groups excluding carboxylic acids is 3. The van der Waals surface area contributed by atoms with Gasteiger partial charge in [-0.15, -0.1) is 0 Å². The molecule has 0 radical (unpaired) electrons. The summed E-state index contributed by atoms with van der Waals surface area (Å²) in [7, 11) is 0. The Balaban J connectivity index is 2.01. The third-order valence-corrected chi connectivity index (χ3v) is 3.93. The highest BCUT2D eigenvalue weighted by atomic mass is 19.1. The summed E-state index contributed by atoms with van der Waals surface area (Å²) in [6, 6.07) is 11.5. The normalized spacial score (nSPS) is 11.6. The first-order valence-electron chi connectivity index (χ1n) is 8.52. The van der Waals surface area contributed by atoms with Crippen molar-refractivity contribution in [1.82, 2.24) is 16.2 Å². The molecule has 27 heavy (non-hydrogen) atoms. The largest absolute Gasteiger partial charge is 0.340 e. The molecule has 0 aromatic heterocycles. The number of hydrogen-bond acceptors (Lipinski definition) is 3. The van der Waals surface area contributed by atoms with Gasteiger partial charge in [0.05, 0.1) is 5.56 Å². The third kappa shape index (κ3) is 5.37. The Morgan fingerprint density at radius 2 is 1.63 bits per heavy atom. The summed E-state index contributed by atoms with van der Waals surface area (Å²) in [4.78, 5) is 36.8. The zero-order chi connectivity index (χ0) is 20.0. The van der Waals surface area contributed by atoms with E-state index in [4.69, 9.17) is 0 Å². The average molecular weight is 371 g/mol. The topological polar surface area (TPSA) is 87.3 Å². The second-order valence-corrected chi connectivity index (χ2v) is 6.49. The van der Waals surface area contributed by atoms with E-state index in [1.165, 1.54) is 18.2 Å². The first-order valence-corrected chi connectivity index (χ1v) is 8.52. The maximum atomic E-state index is 13.6. The van der Waals surface area contributed by atoms with Crippen LogP contribution in [0, 0.1) is 18.7 Å². The predicted octanol–water partition coefficient (Wildman–Crippen LogP) is 2.35. The van der Waals surface area contributed by atoms with Gasteiger partial charge in [-0.05, 0) is 37.1 Å². The average Bonchev–Trinajstić information content (AvgIpc) is 2.63. The van der Waals surface area contributed by atoms with Gasteiger partial charge in [0.15, 0.2) is 0 Å². The van der Waals surface area contributed by atoms with Crippen LogP contribution in [0.4, 0.5) is 4.39 Å². The fourth-order valence-corrected chi connectivity index (χ4v) is 2.45. The molecule has 0 bridgehead atoms. The highest BCUT2D eigenvalue weighted by Crippen LogP contribution is 2.08. The van der Waals surface area contributed by atoms with Crippen LogP contribution < -0.4 is 16.2 Å². The Bertz CT molecular complexity index is 852. The third-order valence-electron chi connectivity index (χ3n) is 3.93. The van der Waals surface area contributed by atoms with Crippen molar-refractivity contribution in [2.45, 2.75) is 26.8 Å². The van der Waals surface area contributed by atoms with Gasteiger partial charge in [0.25, 0.3) is 17.7 Å². The SMILES string of the molecule is Cc1cccc(C(=O)NC(C(=O)NNC(=O)c2ccccc2F)C(C)C)c1. The summed E-state index contributed by atoms with van der Waals surface area (Å²) in [6.07, 6.45) is 0. The number of benzene rings is 2. The Morgan fingerprint density at radius 3 is 2.26 bits per heavy atom. The van der Waals surface area contributed by atoms with Crippen LogP contribution in [0.2, 0.25) is 0 Å². The molecular formula is C20H22FN3O3. The van der Waals surface area contributed by atoms with E-state index in [-0.39, 0.29) is 11.5 Å². The van der Waals surface area contributed by atoms with E-state index in [2.05, 4.69) is 16.2 Å². The minimum atomic E-state index is -0.876. The standard InChI is InChI=1S/C20H22FN3O3/c1-12(2)17(22-18(25)14-8-6-7-13(3)11-14)20(27)24-23-19(26)15-9-4-5-10-16(15)21/h4-12,17H,1-3H3,(H,22,25)(H,23,26)(H,24,27). The summed E-state index contributed by atoms with van der Waals surface area (Å²) in [5, 5.41) is 2.66. The van der Waals surface area contributed by atoms with Crippen LogP contribution in [0.1, 0.15) is 40.1 Å². The predicted molar refractivity (Wildman–Crippen MR) is 99.3 cm³/mol. The maximum Gasteiger partial charge on any atom is 0.272 e. The molecule has 0 spiro atoms. The van der Waals surface area contributed by atoms with Gasteiger partial charge in [-0.25, -0.2) is 4.39 Å². The molecule has 0 saturated heterocycles. The van der Waals surface area contributed by atoms with Crippen molar-refractivity contribution in [2.75, 3.05) is 0 Å². The van der Waals surface area contributed by atoms with Crippen molar-refractivity contribution in [3.8, 4) is 0 Å². The molecule has 0 aliphatic carbocycles. The number of amides is 3. The number of hydrazine groups is 1. The van der Waals surface area contributed by atoms with Gasteiger partial charge in [0.2, 0.25) is 0 Å². The van der Waals surface area contributed by atoms with E-state index < -0.39 is 29.6 Å². The molecule has 1 atom stereocenters. The summed E-state index contributed by atoms with van der Waals surface area (Å²) in [5.41, 5.74) is 5.57. The van der Waals surface area contributed by atoms with Gasteiger partial charge in [0.1, 0.15) is 11.9 Å². The van der Waals surface area contributed by atoms with Crippen LogP contribution >= 0.6 is 0 Å². The monoisotopic (exact) mass is 371 g/mol. The molecule has 0 aliphatic rings. The van der Waals surface area contributed by atoms with Gasteiger partial charge in [-0.3, -0.25) is 25.2 Å². The second-order valence-electron chi connectivity index (χ2n) is 6.49. The number of aryl methyl sites for hydroxylation is 1. The summed E-state index contributed by atoms with van der Waals surface area (Å²) < 4.78 is 13.6. The van der Waals surface area contributed by atoms with Crippen LogP contribution in [0.15, 0.2) is 48.5 Å². The number of nitrogens with one attached hydrogen (secondary N) is 3. The van der Waals surface area contributed by atoms with Crippen LogP contribution in [0.25, 0.3) is 0 Å². The molecule has 6 nitrogen and oxygen atoms in total. The molecule has 0 fully saturated rings. The summed E-state index contributed by atoms with van der Waals surface area (Å²) in [6.45, 7) is 5.39. The number of halogens is 1.